The fraction of sp³-hybridized carbons (Fsp3) is 0.0784. The van der Waals surface area contributed by atoms with Crippen LogP contribution in [0.1, 0.15) is 47.2 Å². The molecular weight excluding hydrogens is 790 g/mol. The molecule has 10 heteroatoms. The third-order valence-electron chi connectivity index (χ3n) is 9.77. The van der Waals surface area contributed by atoms with E-state index >= 15 is 0 Å². The van der Waals surface area contributed by atoms with E-state index in [1.54, 1.807) is 85.2 Å². The van der Waals surface area contributed by atoms with E-state index < -0.39 is 22.0 Å². The van der Waals surface area contributed by atoms with Gasteiger partial charge in [-0.3, -0.25) is 9.78 Å². The van der Waals surface area contributed by atoms with Crippen molar-refractivity contribution in [3.05, 3.63) is 235 Å². The van der Waals surface area contributed by atoms with Crippen molar-refractivity contribution in [2.24, 2.45) is 0 Å². The minimum atomic E-state index is -0.539. The van der Waals surface area contributed by atoms with Crippen molar-refractivity contribution in [2.45, 2.75) is 24.7 Å². The Morgan fingerprint density at radius 1 is 0.475 bits per heavy atom. The molecule has 0 amide bonds. The number of allylic oxidation sites excluding steroid dienone is 1. The van der Waals surface area contributed by atoms with E-state index in [-0.39, 0.29) is 28.7 Å². The van der Waals surface area contributed by atoms with E-state index in [1.807, 2.05) is 91.0 Å². The molecule has 0 radical (unpaired) electrons. The number of phenols is 5. The van der Waals surface area contributed by atoms with Gasteiger partial charge in [0.1, 0.15) is 34.5 Å². The molecule has 0 saturated carbocycles. The van der Waals surface area contributed by atoms with Gasteiger partial charge in [-0.2, -0.15) is 0 Å². The van der Waals surface area contributed by atoms with Crippen LogP contribution in [0.5, 0.6) is 34.5 Å². The number of esters is 1. The maximum Gasteiger partial charge on any atom is 0.335 e. The molecule has 0 aliphatic carbocycles. The molecule has 0 saturated heterocycles. The highest BCUT2D eigenvalue weighted by Gasteiger charge is 2.32. The van der Waals surface area contributed by atoms with Crippen LogP contribution in [0.15, 0.2) is 201 Å². The molecule has 310 valence electrons. The summed E-state index contributed by atoms with van der Waals surface area (Å²) in [5.41, 5.74) is 4.92. The van der Waals surface area contributed by atoms with Crippen LogP contribution in [0.3, 0.4) is 0 Å². The topological polar surface area (TPSA) is 157 Å². The normalized spacial score (nSPS) is 10.5. The van der Waals surface area contributed by atoms with E-state index in [4.69, 9.17) is 16.3 Å². The smallest absolute Gasteiger partial charge is 0.335 e. The van der Waals surface area contributed by atoms with Gasteiger partial charge in [-0.15, -0.1) is 0 Å². The summed E-state index contributed by atoms with van der Waals surface area (Å²) in [4.78, 5) is 24.6. The average Bonchev–Trinajstić information content (AvgIpc) is 3.28. The van der Waals surface area contributed by atoms with Gasteiger partial charge in [-0.1, -0.05) is 92.0 Å². The molecule has 9 nitrogen and oxygen atoms in total. The number of hydrogen-bond donors (Lipinski definition) is 5. The van der Waals surface area contributed by atoms with Gasteiger partial charge in [0.25, 0.3) is 0 Å². The highest BCUT2D eigenvalue weighted by molar-refractivity contribution is 6.66. The minimum Gasteiger partial charge on any atom is -0.508 e. The molecular formula is C51H46ClNO8. The van der Waals surface area contributed by atoms with Gasteiger partial charge in [-0.05, 0) is 150 Å². The van der Waals surface area contributed by atoms with Crippen molar-refractivity contribution in [1.82, 2.24) is 4.98 Å². The molecule has 0 aliphatic rings. The number of pyridine rings is 1. The number of phenolic OH excluding ortho intramolecular Hbond substituents is 5. The highest BCUT2D eigenvalue weighted by Crippen LogP contribution is 2.42. The van der Waals surface area contributed by atoms with Gasteiger partial charge in [0.15, 0.2) is 0 Å². The molecule has 0 aliphatic heterocycles. The Morgan fingerprint density at radius 3 is 0.902 bits per heavy atom. The average molecular weight is 836 g/mol. The van der Waals surface area contributed by atoms with Crippen LogP contribution in [-0.2, 0) is 20.4 Å². The van der Waals surface area contributed by atoms with Gasteiger partial charge >= 0.3 is 5.97 Å². The lowest BCUT2D eigenvalue weighted by atomic mass is 9.71. The van der Waals surface area contributed by atoms with Crippen LogP contribution < -0.4 is 4.74 Å². The second-order valence-corrected chi connectivity index (χ2v) is 14.0. The molecule has 6 aromatic carbocycles. The summed E-state index contributed by atoms with van der Waals surface area (Å²) in [6.07, 6.45) is 5.66. The molecule has 7 rings (SSSR count). The van der Waals surface area contributed by atoms with Crippen LogP contribution in [0.4, 0.5) is 0 Å². The van der Waals surface area contributed by atoms with E-state index in [0.717, 1.165) is 45.5 Å². The first-order valence-corrected chi connectivity index (χ1v) is 19.2. The summed E-state index contributed by atoms with van der Waals surface area (Å²) in [6, 6.07) is 48.3. The summed E-state index contributed by atoms with van der Waals surface area (Å²) in [6.45, 7) is 10.6. The number of aromatic nitrogens is 1. The number of carbonyl (C=O) groups is 2. The molecule has 5 N–H and O–H groups in total. The van der Waals surface area contributed by atoms with Crippen LogP contribution >= 0.6 is 11.6 Å². The number of nitrogens with zero attached hydrogens (tertiary/aromatic N) is 1. The SMILES string of the molecule is C=CC(=O)Cl.C=CC(=O)Oc1ccc(C(C)(c2ccc(O)cc2)c2ccc(O)cc2)cc1.CC(c1ccc(O)cc1)(c1ccc(O)cc1)c1ccc(O)cc1.c1ccncc1. The Morgan fingerprint density at radius 2 is 0.721 bits per heavy atom. The lowest BCUT2D eigenvalue weighted by Gasteiger charge is -2.32. The summed E-state index contributed by atoms with van der Waals surface area (Å²) in [5.74, 6) is 0.953. The quantitative estimate of drug-likeness (QED) is 0.0314. The third kappa shape index (κ3) is 12.7. The molecule has 0 fully saturated rings. The molecule has 7 aromatic rings. The first-order chi connectivity index (χ1) is 29.2. The fourth-order valence-corrected chi connectivity index (χ4v) is 6.30. The number of benzene rings is 6. The second kappa shape index (κ2) is 21.9. The molecule has 0 bridgehead atoms. The molecule has 1 aromatic heterocycles. The van der Waals surface area contributed by atoms with Crippen LogP contribution in [-0.4, -0.2) is 41.7 Å². The van der Waals surface area contributed by atoms with Crippen molar-refractivity contribution in [2.75, 3.05) is 0 Å². The number of hydrogen-bond acceptors (Lipinski definition) is 9. The van der Waals surface area contributed by atoms with E-state index in [0.29, 0.717) is 5.75 Å². The number of aromatic hydroxyl groups is 5. The van der Waals surface area contributed by atoms with Gasteiger partial charge in [0.05, 0.1) is 0 Å². The van der Waals surface area contributed by atoms with Gasteiger partial charge < -0.3 is 30.3 Å². The van der Waals surface area contributed by atoms with Gasteiger partial charge in [-0.25, -0.2) is 4.79 Å². The monoisotopic (exact) mass is 835 g/mol. The Bertz CT molecular complexity index is 2270. The number of rotatable bonds is 9. The van der Waals surface area contributed by atoms with Gasteiger partial charge in [0.2, 0.25) is 5.24 Å². The Hall–Kier alpha value is -7.62. The minimum absolute atomic E-state index is 0.193. The summed E-state index contributed by atoms with van der Waals surface area (Å²) in [7, 11) is 0. The Kier molecular flexibility index (Phi) is 16.6. The Balaban J connectivity index is 0.000000216. The highest BCUT2D eigenvalue weighted by atomic mass is 35.5. The predicted molar refractivity (Wildman–Crippen MR) is 239 cm³/mol. The van der Waals surface area contributed by atoms with Crippen LogP contribution in [0.25, 0.3) is 0 Å². The zero-order valence-electron chi connectivity index (χ0n) is 33.6. The van der Waals surface area contributed by atoms with Gasteiger partial charge in [0, 0.05) is 29.3 Å². The number of halogens is 1. The predicted octanol–water partition coefficient (Wildman–Crippen LogP) is 10.7. The summed E-state index contributed by atoms with van der Waals surface area (Å²) < 4.78 is 5.15. The van der Waals surface area contributed by atoms with Crippen molar-refractivity contribution < 1.29 is 39.9 Å². The first kappa shape index (κ1) is 46.1. The molecule has 0 spiro atoms. The molecule has 61 heavy (non-hydrogen) atoms. The second-order valence-electron chi connectivity index (χ2n) is 13.7. The Labute approximate surface area is 360 Å². The maximum absolute atomic E-state index is 11.4. The zero-order valence-corrected chi connectivity index (χ0v) is 34.4. The lowest BCUT2D eigenvalue weighted by molar-refractivity contribution is -0.129. The van der Waals surface area contributed by atoms with Crippen molar-refractivity contribution >= 4 is 22.8 Å². The maximum atomic E-state index is 11.4. The number of carbonyl (C=O) groups excluding carboxylic acids is 2. The van der Waals surface area contributed by atoms with E-state index in [9.17, 15) is 35.1 Å². The van der Waals surface area contributed by atoms with Crippen molar-refractivity contribution in [3.8, 4) is 34.5 Å². The summed E-state index contributed by atoms with van der Waals surface area (Å²) >= 11 is 4.71. The van der Waals surface area contributed by atoms with Crippen LogP contribution in [0, 0.1) is 0 Å². The standard InChI is InChI=1S/C23H20O4.C20H18O3.C5H5N.C3H3ClO/c1-3-22(26)27-21-14-8-18(9-15-21)23(2,16-4-10-19(24)11-5-16)17-6-12-20(25)13-7-17;1-20(14-2-8-17(21)9-3-14,15-4-10-18(22)11-5-15)16-6-12-19(23)13-7-16;1-2-4-6-5-3-1;1-2-3(4)5/h3-15,24-25H,1H2,2H3;2-13,21-23H,1H3;1-5H;2H,1H2. The number of ether oxygens (including phenoxy) is 1. The van der Waals surface area contributed by atoms with E-state index in [2.05, 4.69) is 32.0 Å². The molecule has 1 heterocycles. The van der Waals surface area contributed by atoms with Crippen molar-refractivity contribution in [3.63, 3.8) is 0 Å². The first-order valence-electron chi connectivity index (χ1n) is 18.8. The van der Waals surface area contributed by atoms with Crippen molar-refractivity contribution in [1.29, 1.82) is 0 Å². The molecule has 0 atom stereocenters. The van der Waals surface area contributed by atoms with E-state index in [1.165, 1.54) is 0 Å². The third-order valence-corrected chi connectivity index (χ3v) is 9.92. The lowest BCUT2D eigenvalue weighted by Crippen LogP contribution is -2.25. The molecule has 0 unspecified atom stereocenters. The fourth-order valence-electron chi connectivity index (χ4n) is 6.30. The summed E-state index contributed by atoms with van der Waals surface area (Å²) in [5, 5.41) is 47.5. The van der Waals surface area contributed by atoms with Crippen LogP contribution in [0.2, 0.25) is 0 Å². The largest absolute Gasteiger partial charge is 0.508 e. The zero-order chi connectivity index (χ0) is 44.4.